The average Bonchev–Trinajstić information content (AvgIpc) is 2.33. The second kappa shape index (κ2) is 6.67. The van der Waals surface area contributed by atoms with Crippen molar-refractivity contribution in [3.8, 4) is 0 Å². The summed E-state index contributed by atoms with van der Waals surface area (Å²) >= 11 is 0. The van der Waals surface area contributed by atoms with Gasteiger partial charge in [-0.2, -0.15) is 0 Å². The van der Waals surface area contributed by atoms with Gasteiger partial charge in [-0.05, 0) is 6.92 Å². The van der Waals surface area contributed by atoms with Gasteiger partial charge in [-0.1, -0.05) is 13.8 Å². The molecule has 0 radical (unpaired) electrons. The van der Waals surface area contributed by atoms with Crippen molar-refractivity contribution in [2.24, 2.45) is 0 Å². The lowest BCUT2D eigenvalue weighted by molar-refractivity contribution is 0.584. The molecule has 0 aromatic carbocycles. The molecule has 4 N–H and O–H groups in total. The summed E-state index contributed by atoms with van der Waals surface area (Å²) in [7, 11) is -3.23. The molecule has 0 unspecified atom stereocenters. The van der Waals surface area contributed by atoms with Crippen LogP contribution in [0.2, 0.25) is 0 Å². The number of nitrogens with zero attached hydrogens (tertiary/aromatic N) is 2. The molecule has 0 saturated heterocycles. The molecule has 0 bridgehead atoms. The number of nitrogen functional groups attached to an aromatic ring is 1. The van der Waals surface area contributed by atoms with Crippen molar-refractivity contribution in [3.63, 3.8) is 0 Å². The van der Waals surface area contributed by atoms with E-state index in [0.29, 0.717) is 30.4 Å². The maximum absolute atomic E-state index is 11.5. The van der Waals surface area contributed by atoms with Crippen LogP contribution < -0.4 is 15.8 Å². The van der Waals surface area contributed by atoms with Crippen molar-refractivity contribution >= 4 is 21.7 Å². The van der Waals surface area contributed by atoms with Crippen LogP contribution >= 0.6 is 0 Å². The molecule has 0 aliphatic rings. The van der Waals surface area contributed by atoms with Gasteiger partial charge in [-0.15, -0.1) is 0 Å². The summed E-state index contributed by atoms with van der Waals surface area (Å²) in [5.41, 5.74) is 6.51. The normalized spacial score (nSPS) is 11.5. The Kier molecular flexibility index (Phi) is 5.49. The quantitative estimate of drug-likeness (QED) is 0.664. The van der Waals surface area contributed by atoms with Gasteiger partial charge in [0.2, 0.25) is 10.0 Å². The van der Waals surface area contributed by atoms with E-state index in [1.165, 1.54) is 0 Å². The minimum atomic E-state index is -3.23. The van der Waals surface area contributed by atoms with Crippen LogP contribution in [0.25, 0.3) is 0 Å². The molecule has 19 heavy (non-hydrogen) atoms. The minimum absolute atomic E-state index is 0.00829. The second-order valence-electron chi connectivity index (χ2n) is 4.10. The second-order valence-corrected chi connectivity index (χ2v) is 6.02. The third kappa shape index (κ3) is 4.64. The largest absolute Gasteiger partial charge is 0.383 e. The van der Waals surface area contributed by atoms with E-state index in [1.54, 1.807) is 13.8 Å². The molecule has 1 heterocycles. The highest BCUT2D eigenvalue weighted by atomic mass is 32.2. The number of nitrogens with two attached hydrogens (primary N) is 1. The molecule has 0 saturated carbocycles. The molecule has 0 aliphatic heterocycles. The van der Waals surface area contributed by atoms with E-state index in [4.69, 9.17) is 5.73 Å². The molecule has 0 fully saturated rings. The number of aromatic nitrogens is 2. The topological polar surface area (TPSA) is 110 Å². The first kappa shape index (κ1) is 15.6. The van der Waals surface area contributed by atoms with Crippen LogP contribution in [0.3, 0.4) is 0 Å². The Morgan fingerprint density at radius 2 is 1.95 bits per heavy atom. The zero-order chi connectivity index (χ0) is 14.5. The van der Waals surface area contributed by atoms with Gasteiger partial charge < -0.3 is 11.1 Å². The summed E-state index contributed by atoms with van der Waals surface area (Å²) in [6.07, 6.45) is 0.675. The van der Waals surface area contributed by atoms with Gasteiger partial charge >= 0.3 is 0 Å². The lowest BCUT2D eigenvalue weighted by Crippen LogP contribution is -2.29. The predicted molar refractivity (Wildman–Crippen MR) is 76.5 cm³/mol. The van der Waals surface area contributed by atoms with E-state index in [1.807, 2.05) is 6.92 Å². The van der Waals surface area contributed by atoms with Crippen LogP contribution in [0.1, 0.15) is 25.2 Å². The van der Waals surface area contributed by atoms with Gasteiger partial charge in [0, 0.05) is 25.1 Å². The van der Waals surface area contributed by atoms with Gasteiger partial charge in [-0.25, -0.2) is 23.1 Å². The third-order valence-electron chi connectivity index (χ3n) is 2.57. The highest BCUT2D eigenvalue weighted by Crippen LogP contribution is 2.17. The molecule has 1 aromatic heterocycles. The Balaban J connectivity index is 2.70. The Morgan fingerprint density at radius 3 is 2.53 bits per heavy atom. The predicted octanol–water partition coefficient (Wildman–Crippen LogP) is 0.281. The van der Waals surface area contributed by atoms with Crippen molar-refractivity contribution in [1.82, 2.24) is 14.7 Å². The van der Waals surface area contributed by atoms with Gasteiger partial charge in [0.05, 0.1) is 5.75 Å². The number of aryl methyl sites for hydroxylation is 1. The van der Waals surface area contributed by atoms with Gasteiger partial charge in [0.1, 0.15) is 17.5 Å². The first-order valence-electron chi connectivity index (χ1n) is 6.23. The number of hydrogen-bond donors (Lipinski definition) is 3. The van der Waals surface area contributed by atoms with E-state index >= 15 is 0 Å². The Hall–Kier alpha value is -1.41. The van der Waals surface area contributed by atoms with E-state index in [9.17, 15) is 8.42 Å². The Bertz CT molecular complexity index is 530. The van der Waals surface area contributed by atoms with E-state index in [0.717, 1.165) is 5.56 Å². The summed E-state index contributed by atoms with van der Waals surface area (Å²) in [6.45, 7) is 6.14. The lowest BCUT2D eigenvalue weighted by atomic mass is 10.3. The number of nitrogens with one attached hydrogen (secondary N) is 2. The fraction of sp³-hybridized carbons (Fsp3) is 0.636. The van der Waals surface area contributed by atoms with E-state index in [-0.39, 0.29) is 12.3 Å². The van der Waals surface area contributed by atoms with E-state index < -0.39 is 10.0 Å². The molecule has 7 nitrogen and oxygen atoms in total. The zero-order valence-electron chi connectivity index (χ0n) is 11.5. The van der Waals surface area contributed by atoms with Crippen molar-refractivity contribution in [3.05, 3.63) is 11.4 Å². The van der Waals surface area contributed by atoms with Gasteiger partial charge in [0.25, 0.3) is 0 Å². The number of rotatable bonds is 7. The Morgan fingerprint density at radius 1 is 1.26 bits per heavy atom. The Labute approximate surface area is 114 Å². The highest BCUT2D eigenvalue weighted by Gasteiger charge is 2.10. The summed E-state index contributed by atoms with van der Waals surface area (Å²) in [5, 5.41) is 2.99. The highest BCUT2D eigenvalue weighted by molar-refractivity contribution is 7.89. The fourth-order valence-corrected chi connectivity index (χ4v) is 2.46. The maximum Gasteiger partial charge on any atom is 0.213 e. The van der Waals surface area contributed by atoms with Crippen molar-refractivity contribution in [2.75, 3.05) is 29.9 Å². The summed E-state index contributed by atoms with van der Waals surface area (Å²) in [5.74, 6) is 1.64. The SMILES string of the molecule is CCNS(=O)(=O)CCNc1nc(CC)nc(N)c1C. The fourth-order valence-electron chi connectivity index (χ4n) is 1.51. The molecule has 0 aliphatic carbocycles. The number of anilines is 2. The molecule has 8 heteroatoms. The first-order valence-corrected chi connectivity index (χ1v) is 7.89. The van der Waals surface area contributed by atoms with E-state index in [2.05, 4.69) is 20.0 Å². The molecule has 1 rings (SSSR count). The molecule has 0 spiro atoms. The minimum Gasteiger partial charge on any atom is -0.383 e. The lowest BCUT2D eigenvalue weighted by Gasteiger charge is -2.11. The zero-order valence-corrected chi connectivity index (χ0v) is 12.3. The monoisotopic (exact) mass is 287 g/mol. The van der Waals surface area contributed by atoms with Crippen LogP contribution in [0.15, 0.2) is 0 Å². The molecule has 0 atom stereocenters. The maximum atomic E-state index is 11.5. The standard InChI is InChI=1S/C11H21N5O2S/c1-4-9-15-10(12)8(3)11(16-9)13-6-7-19(17,18)14-5-2/h14H,4-7H2,1-3H3,(H3,12,13,15,16). The van der Waals surface area contributed by atoms with Crippen LogP contribution in [0.5, 0.6) is 0 Å². The average molecular weight is 287 g/mol. The molecular weight excluding hydrogens is 266 g/mol. The van der Waals surface area contributed by atoms with Gasteiger partial charge in [0.15, 0.2) is 0 Å². The summed E-state index contributed by atoms with van der Waals surface area (Å²) in [6, 6.07) is 0. The van der Waals surface area contributed by atoms with Crippen molar-refractivity contribution in [1.29, 1.82) is 0 Å². The van der Waals surface area contributed by atoms with Crippen LogP contribution in [-0.2, 0) is 16.4 Å². The smallest absolute Gasteiger partial charge is 0.213 e. The number of sulfonamides is 1. The first-order chi connectivity index (χ1) is 8.89. The van der Waals surface area contributed by atoms with Crippen molar-refractivity contribution in [2.45, 2.75) is 27.2 Å². The number of hydrogen-bond acceptors (Lipinski definition) is 6. The van der Waals surface area contributed by atoms with Crippen molar-refractivity contribution < 1.29 is 8.42 Å². The van der Waals surface area contributed by atoms with Crippen LogP contribution in [-0.4, -0.2) is 37.2 Å². The summed E-state index contributed by atoms with van der Waals surface area (Å²) < 4.78 is 25.4. The third-order valence-corrected chi connectivity index (χ3v) is 4.04. The molecule has 108 valence electrons. The molecular formula is C11H21N5O2S. The molecule has 1 aromatic rings. The van der Waals surface area contributed by atoms with Crippen LogP contribution in [0, 0.1) is 6.92 Å². The molecule has 0 amide bonds. The van der Waals surface area contributed by atoms with Gasteiger partial charge in [-0.3, -0.25) is 0 Å². The van der Waals surface area contributed by atoms with Crippen LogP contribution in [0.4, 0.5) is 11.6 Å². The summed E-state index contributed by atoms with van der Waals surface area (Å²) in [4.78, 5) is 8.43.